The van der Waals surface area contributed by atoms with Crippen molar-refractivity contribution in [1.82, 2.24) is 9.55 Å². The third kappa shape index (κ3) is 4.26. The van der Waals surface area contributed by atoms with Crippen LogP contribution in [-0.4, -0.2) is 35.3 Å². The van der Waals surface area contributed by atoms with Crippen LogP contribution in [0.2, 0.25) is 0 Å². The molecule has 0 bridgehead atoms. The van der Waals surface area contributed by atoms with Crippen LogP contribution in [0.15, 0.2) is 41.4 Å². The second-order valence-corrected chi connectivity index (χ2v) is 8.75. The summed E-state index contributed by atoms with van der Waals surface area (Å²) in [5.74, 6) is -1.05. The van der Waals surface area contributed by atoms with E-state index < -0.39 is 32.4 Å². The average Bonchev–Trinajstić information content (AvgIpc) is 2.85. The highest BCUT2D eigenvalue weighted by molar-refractivity contribution is 7.90. The first kappa shape index (κ1) is 20.8. The third-order valence-electron chi connectivity index (χ3n) is 4.60. The summed E-state index contributed by atoms with van der Waals surface area (Å²) in [7, 11) is -3.87. The number of hydrogen-bond acceptors (Lipinski definition) is 4. The number of sulfone groups is 1. The fourth-order valence-corrected chi connectivity index (χ4v) is 3.95. The summed E-state index contributed by atoms with van der Waals surface area (Å²) in [5, 5.41) is 9.77. The van der Waals surface area contributed by atoms with E-state index in [1.807, 2.05) is 0 Å². The molecule has 2 heterocycles. The summed E-state index contributed by atoms with van der Waals surface area (Å²) in [6.07, 6.45) is -2.64. The maximum atomic E-state index is 13.3. The molecule has 1 N–H and O–H groups in total. The van der Waals surface area contributed by atoms with Crippen molar-refractivity contribution in [2.45, 2.75) is 31.0 Å². The molecule has 0 atom stereocenters. The molecule has 154 valence electrons. The van der Waals surface area contributed by atoms with Crippen LogP contribution in [0.3, 0.4) is 0 Å². The zero-order valence-corrected chi connectivity index (χ0v) is 16.3. The molecule has 0 aliphatic heterocycles. The minimum absolute atomic E-state index is 0.0919. The molecule has 29 heavy (non-hydrogen) atoms. The number of benzene rings is 1. The molecule has 0 spiro atoms. The van der Waals surface area contributed by atoms with Crippen LogP contribution < -0.4 is 0 Å². The molecule has 0 aliphatic carbocycles. The Morgan fingerprint density at radius 3 is 2.52 bits per heavy atom. The van der Waals surface area contributed by atoms with Gasteiger partial charge >= 0.3 is 12.1 Å². The van der Waals surface area contributed by atoms with Crippen LogP contribution >= 0.6 is 0 Å². The van der Waals surface area contributed by atoms with Gasteiger partial charge in [0.1, 0.15) is 5.65 Å². The van der Waals surface area contributed by atoms with E-state index in [0.717, 1.165) is 12.3 Å². The minimum atomic E-state index is -4.71. The molecule has 0 unspecified atom stereocenters. The first-order valence-electron chi connectivity index (χ1n) is 8.43. The van der Waals surface area contributed by atoms with E-state index in [9.17, 15) is 31.5 Å². The number of fused-ring (bicyclic) bond motifs is 1. The van der Waals surface area contributed by atoms with Gasteiger partial charge in [-0.2, -0.15) is 13.2 Å². The maximum absolute atomic E-state index is 13.3. The lowest BCUT2D eigenvalue weighted by molar-refractivity contribution is -0.138. The van der Waals surface area contributed by atoms with Crippen molar-refractivity contribution in [3.05, 3.63) is 58.9 Å². The van der Waals surface area contributed by atoms with E-state index in [1.54, 1.807) is 23.6 Å². The van der Waals surface area contributed by atoms with Crippen LogP contribution in [0.5, 0.6) is 0 Å². The minimum Gasteiger partial charge on any atom is -0.481 e. The van der Waals surface area contributed by atoms with Crippen molar-refractivity contribution in [2.75, 3.05) is 6.26 Å². The van der Waals surface area contributed by atoms with Gasteiger partial charge < -0.3 is 9.67 Å². The molecule has 0 fully saturated rings. The van der Waals surface area contributed by atoms with Gasteiger partial charge in [-0.3, -0.25) is 4.79 Å². The number of hydrogen-bond donors (Lipinski definition) is 1. The quantitative estimate of drug-likeness (QED) is 0.675. The van der Waals surface area contributed by atoms with Crippen molar-refractivity contribution in [3.63, 3.8) is 0 Å². The van der Waals surface area contributed by atoms with Crippen molar-refractivity contribution in [1.29, 1.82) is 0 Å². The number of alkyl halides is 3. The summed E-state index contributed by atoms with van der Waals surface area (Å²) < 4.78 is 65.2. The molecular formula is C19H17F3N2O4S. The van der Waals surface area contributed by atoms with E-state index in [1.165, 1.54) is 12.3 Å². The van der Waals surface area contributed by atoms with Crippen molar-refractivity contribution in [3.8, 4) is 0 Å². The number of nitrogens with zero attached hydrogens (tertiary/aromatic N) is 2. The number of aliphatic carboxylic acids is 1. The number of halogens is 3. The maximum Gasteiger partial charge on any atom is 0.416 e. The molecule has 0 aliphatic rings. The Balaban J connectivity index is 2.19. The monoisotopic (exact) mass is 426 g/mol. The predicted octanol–water partition coefficient (Wildman–Crippen LogP) is 3.44. The summed E-state index contributed by atoms with van der Waals surface area (Å²) >= 11 is 0. The fraction of sp³-hybridized carbons (Fsp3) is 0.263. The molecule has 2 aromatic heterocycles. The van der Waals surface area contributed by atoms with Gasteiger partial charge in [-0.05, 0) is 48.4 Å². The highest BCUT2D eigenvalue weighted by Crippen LogP contribution is 2.33. The van der Waals surface area contributed by atoms with E-state index in [4.69, 9.17) is 0 Å². The van der Waals surface area contributed by atoms with Crippen LogP contribution in [0.1, 0.15) is 22.4 Å². The number of pyridine rings is 1. The van der Waals surface area contributed by atoms with Crippen LogP contribution in [0.25, 0.3) is 11.0 Å². The molecule has 1 aromatic carbocycles. The first-order chi connectivity index (χ1) is 13.4. The number of rotatable bonds is 5. The molecule has 0 radical (unpaired) electrons. The van der Waals surface area contributed by atoms with Crippen molar-refractivity contribution >= 4 is 26.8 Å². The van der Waals surface area contributed by atoms with E-state index in [-0.39, 0.29) is 18.5 Å². The Hall–Kier alpha value is -2.88. The Morgan fingerprint density at radius 1 is 1.24 bits per heavy atom. The van der Waals surface area contributed by atoms with E-state index >= 15 is 0 Å². The molecule has 3 rings (SSSR count). The summed E-state index contributed by atoms with van der Waals surface area (Å²) in [4.78, 5) is 15.0. The molecule has 10 heteroatoms. The zero-order valence-electron chi connectivity index (χ0n) is 15.5. The van der Waals surface area contributed by atoms with Gasteiger partial charge in [0.25, 0.3) is 0 Å². The molecular weight excluding hydrogens is 409 g/mol. The molecule has 6 nitrogen and oxygen atoms in total. The number of aromatic nitrogens is 2. The Morgan fingerprint density at radius 2 is 1.93 bits per heavy atom. The van der Waals surface area contributed by atoms with Gasteiger partial charge in [-0.1, -0.05) is 0 Å². The van der Waals surface area contributed by atoms with Crippen LogP contribution in [0.4, 0.5) is 13.2 Å². The van der Waals surface area contributed by atoms with Gasteiger partial charge in [0, 0.05) is 30.1 Å². The Kier molecular flexibility index (Phi) is 5.16. The molecule has 0 amide bonds. The highest BCUT2D eigenvalue weighted by Gasteiger charge is 2.32. The van der Waals surface area contributed by atoms with Gasteiger partial charge in [-0.15, -0.1) is 0 Å². The highest BCUT2D eigenvalue weighted by atomic mass is 32.2. The average molecular weight is 426 g/mol. The van der Waals surface area contributed by atoms with Crippen molar-refractivity contribution in [2.24, 2.45) is 0 Å². The second kappa shape index (κ2) is 7.18. The molecule has 0 saturated heterocycles. The largest absolute Gasteiger partial charge is 0.481 e. The van der Waals surface area contributed by atoms with Crippen LogP contribution in [0, 0.1) is 6.92 Å². The zero-order chi connectivity index (χ0) is 21.6. The lowest BCUT2D eigenvalue weighted by Gasteiger charge is -2.13. The number of carboxylic acids is 1. The van der Waals surface area contributed by atoms with Gasteiger partial charge in [0.2, 0.25) is 0 Å². The summed E-state index contributed by atoms with van der Waals surface area (Å²) in [6.45, 7) is 1.57. The number of carbonyl (C=O) groups is 1. The second-order valence-electron chi connectivity index (χ2n) is 6.73. The Labute approximate surface area is 164 Å². The van der Waals surface area contributed by atoms with E-state index in [0.29, 0.717) is 28.4 Å². The standard InChI is InChI=1S/C19H17F3N2O4S/c1-11-16(9-17(25)26)15-4-3-5-23-18(15)24(11)10-12-6-13(19(20,21)22)8-14(7-12)29(2,27)28/h3-8H,9-10H2,1-2H3,(H,25,26). The topological polar surface area (TPSA) is 89.3 Å². The lowest BCUT2D eigenvalue weighted by Crippen LogP contribution is -2.11. The Bertz CT molecular complexity index is 1210. The smallest absolute Gasteiger partial charge is 0.416 e. The summed E-state index contributed by atoms with van der Waals surface area (Å²) in [6, 6.07) is 6.02. The molecule has 3 aromatic rings. The normalized spacial score (nSPS) is 12.4. The van der Waals surface area contributed by atoms with E-state index in [2.05, 4.69) is 4.98 Å². The number of carboxylic acid groups (broad SMARTS) is 1. The SMILES string of the molecule is Cc1c(CC(=O)O)c2cccnc2n1Cc1cc(C(F)(F)F)cc(S(C)(=O)=O)c1. The van der Waals surface area contributed by atoms with Gasteiger partial charge in [0.05, 0.1) is 16.9 Å². The molecule has 0 saturated carbocycles. The fourth-order valence-electron chi connectivity index (χ4n) is 3.24. The van der Waals surface area contributed by atoms with Crippen LogP contribution in [-0.2, 0) is 33.8 Å². The third-order valence-corrected chi connectivity index (χ3v) is 5.69. The van der Waals surface area contributed by atoms with Gasteiger partial charge in [0.15, 0.2) is 9.84 Å². The first-order valence-corrected chi connectivity index (χ1v) is 10.3. The predicted molar refractivity (Wildman–Crippen MR) is 99.5 cm³/mol. The summed E-state index contributed by atoms with van der Waals surface area (Å²) in [5.41, 5.74) is 0.519. The van der Waals surface area contributed by atoms with Gasteiger partial charge in [-0.25, -0.2) is 13.4 Å². The lowest BCUT2D eigenvalue weighted by atomic mass is 10.1. The van der Waals surface area contributed by atoms with Crippen molar-refractivity contribution < 1.29 is 31.5 Å².